The van der Waals surface area contributed by atoms with Gasteiger partial charge in [0.05, 0.1) is 4.92 Å². The van der Waals surface area contributed by atoms with Crippen molar-refractivity contribution >= 4 is 11.6 Å². The molecule has 22 heavy (non-hydrogen) atoms. The lowest BCUT2D eigenvalue weighted by atomic mass is 9.54. The molecule has 4 saturated carbocycles. The topological polar surface area (TPSA) is 90.1 Å². The van der Waals surface area contributed by atoms with Crippen molar-refractivity contribution in [3.8, 4) is 0 Å². The second-order valence-electron chi connectivity index (χ2n) is 7.19. The van der Waals surface area contributed by atoms with E-state index in [1.54, 1.807) is 7.05 Å². The molecule has 7 heteroatoms. The van der Waals surface area contributed by atoms with E-state index in [9.17, 15) is 14.9 Å². The summed E-state index contributed by atoms with van der Waals surface area (Å²) < 4.78 is 1.30. The molecular formula is C15H20N4O3. The van der Waals surface area contributed by atoms with Crippen molar-refractivity contribution in [3.05, 3.63) is 22.0 Å². The Morgan fingerprint density at radius 2 is 1.86 bits per heavy atom. The Labute approximate surface area is 128 Å². The number of nitrogens with one attached hydrogen (secondary N) is 1. The maximum absolute atomic E-state index is 12.6. The van der Waals surface area contributed by atoms with Crippen LogP contribution < -0.4 is 5.32 Å². The van der Waals surface area contributed by atoms with Gasteiger partial charge in [-0.25, -0.2) is 0 Å². The van der Waals surface area contributed by atoms with Crippen LogP contribution in [-0.2, 0) is 7.05 Å². The van der Waals surface area contributed by atoms with Crippen LogP contribution in [0.15, 0.2) is 6.20 Å². The van der Waals surface area contributed by atoms with Gasteiger partial charge in [-0.05, 0) is 55.8 Å². The minimum Gasteiger partial charge on any atom is -0.347 e. The molecule has 4 aliphatic rings. The van der Waals surface area contributed by atoms with E-state index in [2.05, 4.69) is 10.4 Å². The van der Waals surface area contributed by atoms with E-state index in [1.807, 2.05) is 0 Å². The predicted molar refractivity (Wildman–Crippen MR) is 78.2 cm³/mol. The van der Waals surface area contributed by atoms with Gasteiger partial charge in [-0.2, -0.15) is 5.10 Å². The van der Waals surface area contributed by atoms with Crippen LogP contribution >= 0.6 is 0 Å². The van der Waals surface area contributed by atoms with Gasteiger partial charge in [0, 0.05) is 13.1 Å². The van der Waals surface area contributed by atoms with Crippen LogP contribution in [0.3, 0.4) is 0 Å². The lowest BCUT2D eigenvalue weighted by Crippen LogP contribution is -2.56. The third-order valence-electron chi connectivity index (χ3n) is 5.86. The quantitative estimate of drug-likeness (QED) is 0.682. The number of aryl methyl sites for hydroxylation is 1. The Kier molecular flexibility index (Phi) is 2.99. The first-order chi connectivity index (χ1) is 10.5. The zero-order valence-corrected chi connectivity index (χ0v) is 12.6. The molecule has 0 saturated heterocycles. The first-order valence-corrected chi connectivity index (χ1v) is 8.00. The number of rotatable bonds is 3. The highest BCUT2D eigenvalue weighted by molar-refractivity contribution is 5.96. The summed E-state index contributed by atoms with van der Waals surface area (Å²) in [6.45, 7) is 0. The third kappa shape index (κ3) is 2.02. The molecule has 5 rings (SSSR count). The van der Waals surface area contributed by atoms with E-state index in [1.165, 1.54) is 36.8 Å². The normalized spacial score (nSPS) is 35.6. The molecule has 0 aliphatic heterocycles. The molecular weight excluding hydrogens is 284 g/mol. The molecule has 0 atom stereocenters. The van der Waals surface area contributed by atoms with Crippen LogP contribution in [-0.4, -0.2) is 26.7 Å². The highest BCUT2D eigenvalue weighted by Crippen LogP contribution is 2.53. The van der Waals surface area contributed by atoms with E-state index >= 15 is 0 Å². The summed E-state index contributed by atoms with van der Waals surface area (Å²) in [5.41, 5.74) is -0.164. The van der Waals surface area contributed by atoms with Gasteiger partial charge >= 0.3 is 5.69 Å². The third-order valence-corrected chi connectivity index (χ3v) is 5.86. The number of amides is 1. The van der Waals surface area contributed by atoms with Crippen LogP contribution in [0.25, 0.3) is 0 Å². The first kappa shape index (κ1) is 13.7. The Morgan fingerprint density at radius 3 is 2.41 bits per heavy atom. The molecule has 1 N–H and O–H groups in total. The monoisotopic (exact) mass is 304 g/mol. The molecule has 1 amide bonds. The maximum atomic E-state index is 12.6. The first-order valence-electron chi connectivity index (χ1n) is 8.00. The fraction of sp³-hybridized carbons (Fsp3) is 0.733. The van der Waals surface area contributed by atoms with E-state index in [4.69, 9.17) is 0 Å². The second-order valence-corrected chi connectivity index (χ2v) is 7.19. The van der Waals surface area contributed by atoms with E-state index in [-0.39, 0.29) is 23.3 Å². The predicted octanol–water partition coefficient (Wildman–Crippen LogP) is 1.88. The Morgan fingerprint density at radius 1 is 1.27 bits per heavy atom. The van der Waals surface area contributed by atoms with Crippen molar-refractivity contribution in [1.29, 1.82) is 0 Å². The number of nitro groups is 1. The van der Waals surface area contributed by atoms with Gasteiger partial charge in [-0.1, -0.05) is 0 Å². The SMILES string of the molecule is Cn1ncc([N+](=O)[O-])c1C(=O)NC1C2CC3CC(C2)CC1C3. The largest absolute Gasteiger partial charge is 0.347 e. The minimum atomic E-state index is -0.543. The lowest BCUT2D eigenvalue weighted by Gasteiger charge is -2.54. The molecule has 7 nitrogen and oxygen atoms in total. The van der Waals surface area contributed by atoms with Gasteiger partial charge in [0.2, 0.25) is 5.69 Å². The van der Waals surface area contributed by atoms with Crippen LogP contribution in [0.5, 0.6) is 0 Å². The summed E-state index contributed by atoms with van der Waals surface area (Å²) in [7, 11) is 1.57. The molecule has 4 aliphatic carbocycles. The molecule has 0 radical (unpaired) electrons. The Bertz CT molecular complexity index is 611. The summed E-state index contributed by atoms with van der Waals surface area (Å²) in [5, 5.41) is 18.0. The number of carbonyl (C=O) groups excluding carboxylic acids is 1. The van der Waals surface area contributed by atoms with E-state index < -0.39 is 4.92 Å². The highest BCUT2D eigenvalue weighted by Gasteiger charge is 2.49. The Hall–Kier alpha value is -1.92. The summed E-state index contributed by atoms with van der Waals surface area (Å²) in [4.78, 5) is 23.1. The number of aromatic nitrogens is 2. The molecule has 0 spiro atoms. The van der Waals surface area contributed by atoms with Crippen molar-refractivity contribution < 1.29 is 9.72 Å². The molecule has 0 aromatic carbocycles. The van der Waals surface area contributed by atoms with Crippen LogP contribution in [0.1, 0.15) is 42.6 Å². The van der Waals surface area contributed by atoms with Gasteiger partial charge in [-0.3, -0.25) is 19.6 Å². The number of hydrogen-bond acceptors (Lipinski definition) is 4. The maximum Gasteiger partial charge on any atom is 0.320 e. The number of hydrogen-bond donors (Lipinski definition) is 1. The summed E-state index contributed by atoms with van der Waals surface area (Å²) in [6, 6.07) is 0.176. The fourth-order valence-corrected chi connectivity index (χ4v) is 5.20. The summed E-state index contributed by atoms with van der Waals surface area (Å²) in [6.07, 6.45) is 7.31. The highest BCUT2D eigenvalue weighted by atomic mass is 16.6. The van der Waals surface area contributed by atoms with Crippen molar-refractivity contribution in [2.45, 2.75) is 38.1 Å². The van der Waals surface area contributed by atoms with Crippen molar-refractivity contribution in [1.82, 2.24) is 15.1 Å². The van der Waals surface area contributed by atoms with Gasteiger partial charge < -0.3 is 5.32 Å². The van der Waals surface area contributed by atoms with E-state index in [0.29, 0.717) is 11.8 Å². The molecule has 4 bridgehead atoms. The van der Waals surface area contributed by atoms with Gasteiger partial charge in [0.25, 0.3) is 5.91 Å². The van der Waals surface area contributed by atoms with Gasteiger partial charge in [0.1, 0.15) is 6.20 Å². The zero-order valence-electron chi connectivity index (χ0n) is 12.6. The molecule has 118 valence electrons. The number of carbonyl (C=O) groups is 1. The standard InChI is InChI=1S/C15H20N4O3/c1-18-14(12(7-16-18)19(21)22)15(20)17-13-10-3-8-2-9(5-10)6-11(13)4-8/h7-11,13H,2-6H2,1H3,(H,17,20). The average molecular weight is 304 g/mol. The average Bonchev–Trinajstić information content (AvgIpc) is 2.84. The van der Waals surface area contributed by atoms with Crippen LogP contribution in [0.4, 0.5) is 5.69 Å². The molecule has 4 fully saturated rings. The second kappa shape index (κ2) is 4.79. The number of nitrogens with zero attached hydrogens (tertiary/aromatic N) is 3. The molecule has 1 aromatic rings. The fourth-order valence-electron chi connectivity index (χ4n) is 5.20. The van der Waals surface area contributed by atoms with Crippen molar-refractivity contribution in [3.63, 3.8) is 0 Å². The lowest BCUT2D eigenvalue weighted by molar-refractivity contribution is -0.385. The van der Waals surface area contributed by atoms with Gasteiger partial charge in [-0.15, -0.1) is 0 Å². The molecule has 1 aromatic heterocycles. The molecule has 0 unspecified atom stereocenters. The van der Waals surface area contributed by atoms with E-state index in [0.717, 1.165) is 18.0 Å². The van der Waals surface area contributed by atoms with Crippen molar-refractivity contribution in [2.24, 2.45) is 30.7 Å². The zero-order chi connectivity index (χ0) is 15.4. The van der Waals surface area contributed by atoms with Crippen LogP contribution in [0, 0.1) is 33.8 Å². The van der Waals surface area contributed by atoms with Crippen LogP contribution in [0.2, 0.25) is 0 Å². The molecule has 1 heterocycles. The summed E-state index contributed by atoms with van der Waals surface area (Å²) >= 11 is 0. The summed E-state index contributed by atoms with van der Waals surface area (Å²) in [5.74, 6) is 2.41. The van der Waals surface area contributed by atoms with Crippen molar-refractivity contribution in [2.75, 3.05) is 0 Å². The minimum absolute atomic E-state index is 0.0545. The Balaban J connectivity index is 1.55. The van der Waals surface area contributed by atoms with Gasteiger partial charge in [0.15, 0.2) is 0 Å². The smallest absolute Gasteiger partial charge is 0.320 e.